The number of aromatic nitrogens is 3. The summed E-state index contributed by atoms with van der Waals surface area (Å²) in [7, 11) is 0. The van der Waals surface area contributed by atoms with Gasteiger partial charge in [-0.25, -0.2) is 4.79 Å². The van der Waals surface area contributed by atoms with Crippen LogP contribution in [0.3, 0.4) is 0 Å². The summed E-state index contributed by atoms with van der Waals surface area (Å²) in [6, 6.07) is 5.50. The SMILES string of the molecule is CCOC(=O)c1cnn(CC23CCC(OCc4c(-c5c(Cl)cccc5Cl)noc4C4CC4)(CC2)C(C)C3)c1. The summed E-state index contributed by atoms with van der Waals surface area (Å²) >= 11 is 13.1. The van der Waals surface area contributed by atoms with E-state index in [1.165, 1.54) is 0 Å². The highest BCUT2D eigenvalue weighted by Gasteiger charge is 2.54. The quantitative estimate of drug-likeness (QED) is 0.254. The van der Waals surface area contributed by atoms with Crippen LogP contribution in [0.5, 0.6) is 0 Å². The second kappa shape index (κ2) is 10.00. The number of hydrogen-bond donors (Lipinski definition) is 0. The van der Waals surface area contributed by atoms with Crippen LogP contribution in [0, 0.1) is 11.3 Å². The predicted molar refractivity (Wildman–Crippen MR) is 144 cm³/mol. The van der Waals surface area contributed by atoms with Gasteiger partial charge in [-0.3, -0.25) is 4.68 Å². The van der Waals surface area contributed by atoms with E-state index in [0.29, 0.717) is 51.9 Å². The van der Waals surface area contributed by atoms with Crippen LogP contribution >= 0.6 is 23.2 Å². The van der Waals surface area contributed by atoms with E-state index in [-0.39, 0.29) is 17.0 Å². The molecule has 202 valence electrons. The summed E-state index contributed by atoms with van der Waals surface area (Å²) in [5.41, 5.74) is 2.88. The Morgan fingerprint density at radius 1 is 1.18 bits per heavy atom. The first-order valence-electron chi connectivity index (χ1n) is 13.6. The molecular formula is C29H33Cl2N3O4. The standard InChI is InChI=1S/C29H33Cl2N3O4/c1-3-36-27(35)20-14-32-34(15-20)17-28-9-11-29(12-10-28,18(2)13-28)37-16-21-25(33-38-26(21)19-7-8-19)24-22(30)5-4-6-23(24)31/h4-6,14-15,18-19H,3,7-13,16-17H2,1-2H3. The van der Waals surface area contributed by atoms with Gasteiger partial charge in [-0.1, -0.05) is 41.3 Å². The number of halogens is 2. The van der Waals surface area contributed by atoms with Crippen LogP contribution in [0.1, 0.15) is 86.4 Å². The Labute approximate surface area is 232 Å². The summed E-state index contributed by atoms with van der Waals surface area (Å²) in [5.74, 6) is 1.38. The van der Waals surface area contributed by atoms with E-state index in [0.717, 1.165) is 62.8 Å². The number of fused-ring (bicyclic) bond motifs is 3. The summed E-state index contributed by atoms with van der Waals surface area (Å²) in [4.78, 5) is 12.1. The second-order valence-corrected chi connectivity index (χ2v) is 12.2. The molecule has 1 unspecified atom stereocenters. The van der Waals surface area contributed by atoms with Gasteiger partial charge in [0.2, 0.25) is 0 Å². The molecule has 1 aromatic carbocycles. The van der Waals surface area contributed by atoms with Gasteiger partial charge in [0.25, 0.3) is 0 Å². The highest BCUT2D eigenvalue weighted by molar-refractivity contribution is 6.39. The minimum absolute atomic E-state index is 0.162. The highest BCUT2D eigenvalue weighted by Crippen LogP contribution is 2.58. The van der Waals surface area contributed by atoms with Crippen molar-refractivity contribution in [3.8, 4) is 11.3 Å². The van der Waals surface area contributed by atoms with Gasteiger partial charge < -0.3 is 14.0 Å². The zero-order valence-corrected chi connectivity index (χ0v) is 23.4. The average Bonchev–Trinajstić information content (AvgIpc) is 3.49. The average molecular weight is 559 g/mol. The van der Waals surface area contributed by atoms with E-state index in [2.05, 4.69) is 17.2 Å². The first-order valence-corrected chi connectivity index (χ1v) is 14.3. The zero-order valence-electron chi connectivity index (χ0n) is 21.8. The number of carbonyl (C=O) groups is 1. The normalized spacial score (nSPS) is 26.6. The zero-order chi connectivity index (χ0) is 26.5. The Bertz CT molecular complexity index is 1320. The van der Waals surface area contributed by atoms with Gasteiger partial charge in [0, 0.05) is 29.8 Å². The fraction of sp³-hybridized carbons (Fsp3) is 0.552. The fourth-order valence-corrected chi connectivity index (χ4v) is 7.20. The van der Waals surface area contributed by atoms with E-state index >= 15 is 0 Å². The second-order valence-electron chi connectivity index (χ2n) is 11.4. The van der Waals surface area contributed by atoms with Crippen LogP contribution in [0.25, 0.3) is 11.3 Å². The van der Waals surface area contributed by atoms with Gasteiger partial charge >= 0.3 is 5.97 Å². The maximum absolute atomic E-state index is 12.1. The fourth-order valence-electron chi connectivity index (χ4n) is 6.62. The molecule has 7 nitrogen and oxygen atoms in total. The lowest BCUT2D eigenvalue weighted by Crippen LogP contribution is -2.54. The summed E-state index contributed by atoms with van der Waals surface area (Å²) < 4.78 is 19.8. The van der Waals surface area contributed by atoms with E-state index in [1.807, 2.05) is 36.0 Å². The van der Waals surface area contributed by atoms with E-state index in [9.17, 15) is 4.79 Å². The van der Waals surface area contributed by atoms with Gasteiger partial charge in [0.05, 0.1) is 40.6 Å². The molecule has 0 N–H and O–H groups in total. The third-order valence-corrected chi connectivity index (χ3v) is 9.54. The molecule has 4 saturated carbocycles. The molecule has 4 fully saturated rings. The van der Waals surface area contributed by atoms with Crippen LogP contribution < -0.4 is 0 Å². The van der Waals surface area contributed by atoms with E-state index in [4.69, 9.17) is 37.2 Å². The Hall–Kier alpha value is -2.35. The Morgan fingerprint density at radius 2 is 1.92 bits per heavy atom. The molecule has 1 atom stereocenters. The molecule has 2 bridgehead atoms. The predicted octanol–water partition coefficient (Wildman–Crippen LogP) is 7.45. The molecular weight excluding hydrogens is 525 g/mol. The van der Waals surface area contributed by atoms with E-state index < -0.39 is 0 Å². The van der Waals surface area contributed by atoms with Crippen molar-refractivity contribution in [1.29, 1.82) is 0 Å². The number of benzene rings is 1. The molecule has 0 aliphatic heterocycles. The molecule has 0 spiro atoms. The molecule has 0 radical (unpaired) electrons. The van der Waals surface area contributed by atoms with Crippen LogP contribution in [0.2, 0.25) is 10.0 Å². The molecule has 0 saturated heterocycles. The minimum Gasteiger partial charge on any atom is -0.462 e. The lowest BCUT2D eigenvalue weighted by molar-refractivity contribution is -0.180. The first kappa shape index (κ1) is 25.9. The maximum Gasteiger partial charge on any atom is 0.341 e. The Morgan fingerprint density at radius 3 is 2.58 bits per heavy atom. The lowest BCUT2D eigenvalue weighted by atomic mass is 9.54. The minimum atomic E-state index is -0.318. The van der Waals surface area contributed by atoms with Gasteiger partial charge in [0.15, 0.2) is 0 Å². The smallest absolute Gasteiger partial charge is 0.341 e. The Kier molecular flexibility index (Phi) is 6.81. The van der Waals surface area contributed by atoms with Crippen LogP contribution in [-0.2, 0) is 22.6 Å². The van der Waals surface area contributed by atoms with Crippen molar-refractivity contribution in [1.82, 2.24) is 14.9 Å². The van der Waals surface area contributed by atoms with Crippen molar-refractivity contribution < 1.29 is 18.8 Å². The van der Waals surface area contributed by atoms with Crippen LogP contribution in [0.4, 0.5) is 0 Å². The number of esters is 1. The number of rotatable bonds is 9. The molecule has 3 aromatic rings. The third-order valence-electron chi connectivity index (χ3n) is 8.91. The molecule has 4 aliphatic rings. The molecule has 7 rings (SSSR count). The van der Waals surface area contributed by atoms with Crippen molar-refractivity contribution in [2.45, 2.75) is 83.5 Å². The van der Waals surface area contributed by atoms with Gasteiger partial charge in [-0.2, -0.15) is 5.10 Å². The summed E-state index contributed by atoms with van der Waals surface area (Å²) in [5, 5.41) is 10.0. The number of ether oxygens (including phenoxy) is 2. The first-order chi connectivity index (χ1) is 18.3. The molecule has 2 heterocycles. The topological polar surface area (TPSA) is 79.4 Å². The van der Waals surface area contributed by atoms with Crippen molar-refractivity contribution >= 4 is 29.2 Å². The van der Waals surface area contributed by atoms with Crippen LogP contribution in [0.15, 0.2) is 35.1 Å². The number of nitrogens with zero attached hydrogens (tertiary/aromatic N) is 3. The number of hydrogen-bond acceptors (Lipinski definition) is 6. The lowest BCUT2D eigenvalue weighted by Gasteiger charge is -2.56. The maximum atomic E-state index is 12.1. The largest absolute Gasteiger partial charge is 0.462 e. The van der Waals surface area contributed by atoms with Gasteiger partial charge in [-0.15, -0.1) is 0 Å². The summed E-state index contributed by atoms with van der Waals surface area (Å²) in [6.07, 6.45) is 10.8. The molecule has 2 aromatic heterocycles. The van der Waals surface area contributed by atoms with Crippen molar-refractivity contribution in [3.63, 3.8) is 0 Å². The van der Waals surface area contributed by atoms with Crippen LogP contribution in [-0.4, -0.2) is 33.1 Å². The van der Waals surface area contributed by atoms with Crippen molar-refractivity contribution in [2.75, 3.05) is 6.61 Å². The van der Waals surface area contributed by atoms with Gasteiger partial charge in [0.1, 0.15) is 11.5 Å². The summed E-state index contributed by atoms with van der Waals surface area (Å²) in [6.45, 7) is 5.72. The van der Waals surface area contributed by atoms with E-state index in [1.54, 1.807) is 6.20 Å². The molecule has 38 heavy (non-hydrogen) atoms. The molecule has 0 amide bonds. The van der Waals surface area contributed by atoms with Gasteiger partial charge in [-0.05, 0) is 75.3 Å². The molecule has 9 heteroatoms. The van der Waals surface area contributed by atoms with Crippen molar-refractivity contribution in [2.24, 2.45) is 11.3 Å². The number of carbonyl (C=O) groups excluding carboxylic acids is 1. The highest BCUT2D eigenvalue weighted by atomic mass is 35.5. The Balaban J connectivity index is 1.18. The monoisotopic (exact) mass is 557 g/mol. The molecule has 4 aliphatic carbocycles. The van der Waals surface area contributed by atoms with Crippen molar-refractivity contribution in [3.05, 3.63) is 57.5 Å². The third kappa shape index (κ3) is 4.67.